The average molecular weight is 381 g/mol. The molecule has 9 nitrogen and oxygen atoms in total. The number of ether oxygens (including phenoxy) is 2. The molecule has 0 radical (unpaired) electrons. The summed E-state index contributed by atoms with van der Waals surface area (Å²) < 4.78 is 12.6. The minimum Gasteiger partial charge on any atom is -0.419 e. The Morgan fingerprint density at radius 3 is 2.71 bits per heavy atom. The average Bonchev–Trinajstić information content (AvgIpc) is 3.37. The van der Waals surface area contributed by atoms with Crippen LogP contribution in [0, 0.1) is 0 Å². The summed E-state index contributed by atoms with van der Waals surface area (Å²) in [5.74, 6) is -0.148. The van der Waals surface area contributed by atoms with Gasteiger partial charge < -0.3 is 20.1 Å². The van der Waals surface area contributed by atoms with E-state index in [1.807, 2.05) is 19.2 Å². The van der Waals surface area contributed by atoms with Crippen molar-refractivity contribution in [1.82, 2.24) is 15.1 Å². The summed E-state index contributed by atoms with van der Waals surface area (Å²) >= 11 is 0. The van der Waals surface area contributed by atoms with Crippen LogP contribution in [0.2, 0.25) is 0 Å². The fourth-order valence-corrected chi connectivity index (χ4v) is 2.98. The molecular formula is C19H19N5O4. The van der Waals surface area contributed by atoms with Crippen LogP contribution in [-0.4, -0.2) is 47.2 Å². The highest BCUT2D eigenvalue weighted by Crippen LogP contribution is 2.43. The Bertz CT molecular complexity index is 992. The number of hydrogen-bond acceptors (Lipinski definition) is 8. The number of carbonyl (C=O) groups excluding carboxylic acids is 2. The summed E-state index contributed by atoms with van der Waals surface area (Å²) in [6, 6.07) is 5.17. The molecule has 3 heterocycles. The van der Waals surface area contributed by atoms with Gasteiger partial charge in [-0.15, -0.1) is 0 Å². The van der Waals surface area contributed by atoms with Crippen LogP contribution in [0.5, 0.6) is 11.5 Å². The summed E-state index contributed by atoms with van der Waals surface area (Å²) in [5.41, 5.74) is 1.82. The molecule has 0 amide bonds. The van der Waals surface area contributed by atoms with Gasteiger partial charge in [0.2, 0.25) is 0 Å². The number of rotatable bonds is 5. The van der Waals surface area contributed by atoms with Gasteiger partial charge in [-0.1, -0.05) is 0 Å². The molecular weight excluding hydrogens is 362 g/mol. The third-order valence-electron chi connectivity index (χ3n) is 4.30. The Morgan fingerprint density at radius 1 is 1.18 bits per heavy atom. The largest absolute Gasteiger partial charge is 0.419 e. The highest BCUT2D eigenvalue weighted by Gasteiger charge is 2.24. The lowest BCUT2D eigenvalue weighted by molar-refractivity contribution is -0.133. The molecule has 0 bridgehead atoms. The van der Waals surface area contributed by atoms with Crippen molar-refractivity contribution >= 4 is 23.5 Å². The zero-order chi connectivity index (χ0) is 19.5. The van der Waals surface area contributed by atoms with Crippen molar-refractivity contribution in [2.45, 2.75) is 13.5 Å². The van der Waals surface area contributed by atoms with Gasteiger partial charge in [0, 0.05) is 37.1 Å². The van der Waals surface area contributed by atoms with Crippen molar-refractivity contribution in [1.29, 1.82) is 0 Å². The van der Waals surface area contributed by atoms with E-state index in [1.54, 1.807) is 16.8 Å². The number of esters is 2. The number of amidine groups is 1. The lowest BCUT2D eigenvalue weighted by Crippen LogP contribution is -2.26. The Hall–Kier alpha value is -3.62. The molecule has 0 atom stereocenters. The number of aryl methyl sites for hydroxylation is 1. The van der Waals surface area contributed by atoms with E-state index in [0.29, 0.717) is 30.0 Å². The Balaban J connectivity index is 1.79. The second-order valence-corrected chi connectivity index (χ2v) is 6.16. The molecule has 2 aliphatic rings. The van der Waals surface area contributed by atoms with Crippen LogP contribution in [0.4, 0.5) is 5.69 Å². The molecule has 2 aliphatic heterocycles. The van der Waals surface area contributed by atoms with Crippen molar-refractivity contribution in [2.24, 2.45) is 4.99 Å². The maximum Gasteiger partial charge on any atom is 0.336 e. The number of hydrogen-bond donors (Lipinski definition) is 2. The smallest absolute Gasteiger partial charge is 0.336 e. The van der Waals surface area contributed by atoms with Crippen LogP contribution in [0.25, 0.3) is 11.3 Å². The first kappa shape index (κ1) is 17.8. The topological polar surface area (TPSA) is 107 Å². The summed E-state index contributed by atoms with van der Waals surface area (Å²) in [7, 11) is 0. The van der Waals surface area contributed by atoms with Crippen LogP contribution in [0.3, 0.4) is 0 Å². The molecule has 1 aromatic heterocycles. The molecule has 144 valence electrons. The van der Waals surface area contributed by atoms with Crippen LogP contribution >= 0.6 is 0 Å². The first-order valence-electron chi connectivity index (χ1n) is 8.97. The van der Waals surface area contributed by atoms with Crippen molar-refractivity contribution in [3.63, 3.8) is 0 Å². The quantitative estimate of drug-likeness (QED) is 0.595. The lowest BCUT2D eigenvalue weighted by Gasteiger charge is -2.18. The number of nitrogens with one attached hydrogen (secondary N) is 2. The first-order chi connectivity index (χ1) is 13.6. The molecule has 4 rings (SSSR count). The lowest BCUT2D eigenvalue weighted by atomic mass is 10.1. The zero-order valence-corrected chi connectivity index (χ0v) is 15.3. The van der Waals surface area contributed by atoms with E-state index in [-0.39, 0.29) is 11.5 Å². The van der Waals surface area contributed by atoms with Gasteiger partial charge in [-0.2, -0.15) is 5.10 Å². The molecule has 0 fully saturated rings. The van der Waals surface area contributed by atoms with Crippen LogP contribution in [0.1, 0.15) is 6.92 Å². The molecule has 2 aromatic rings. The van der Waals surface area contributed by atoms with E-state index in [1.165, 1.54) is 0 Å². The van der Waals surface area contributed by atoms with Gasteiger partial charge in [-0.05, 0) is 25.1 Å². The molecule has 9 heteroatoms. The SMILES string of the molecule is CCn1ccc(-c2c(NCC3=NCCN3)ccc3c2OC(=O)/C=C/C(=O)O3)n1. The monoisotopic (exact) mass is 381 g/mol. The van der Waals surface area contributed by atoms with E-state index in [0.717, 1.165) is 31.1 Å². The molecule has 28 heavy (non-hydrogen) atoms. The van der Waals surface area contributed by atoms with Crippen molar-refractivity contribution < 1.29 is 19.1 Å². The Kier molecular flexibility index (Phi) is 4.79. The van der Waals surface area contributed by atoms with Gasteiger partial charge in [0.15, 0.2) is 11.5 Å². The minimum absolute atomic E-state index is 0.148. The number of fused-ring (bicyclic) bond motifs is 1. The molecule has 0 unspecified atom stereocenters. The number of aliphatic imine (C=N–C) groups is 1. The normalized spacial score (nSPS) is 16.8. The fourth-order valence-electron chi connectivity index (χ4n) is 2.98. The van der Waals surface area contributed by atoms with Crippen LogP contribution < -0.4 is 20.1 Å². The van der Waals surface area contributed by atoms with Crippen molar-refractivity contribution in [3.05, 3.63) is 36.5 Å². The van der Waals surface area contributed by atoms with E-state index in [2.05, 4.69) is 20.7 Å². The molecule has 1 aromatic carbocycles. The summed E-state index contributed by atoms with van der Waals surface area (Å²) in [4.78, 5) is 28.3. The number of carbonyl (C=O) groups is 2. The van der Waals surface area contributed by atoms with Gasteiger partial charge in [0.1, 0.15) is 5.84 Å². The maximum atomic E-state index is 12.1. The van der Waals surface area contributed by atoms with E-state index < -0.39 is 11.9 Å². The van der Waals surface area contributed by atoms with Crippen molar-refractivity contribution in [2.75, 3.05) is 25.0 Å². The number of benzene rings is 1. The highest BCUT2D eigenvalue weighted by molar-refractivity contribution is 5.98. The third-order valence-corrected chi connectivity index (χ3v) is 4.30. The molecule has 0 spiro atoms. The fraction of sp³-hybridized carbons (Fsp3) is 0.263. The number of nitrogens with zero attached hydrogens (tertiary/aromatic N) is 3. The molecule has 2 N–H and O–H groups in total. The van der Waals surface area contributed by atoms with E-state index in [4.69, 9.17) is 9.47 Å². The predicted octanol–water partition coefficient (Wildman–Crippen LogP) is 1.36. The predicted molar refractivity (Wildman–Crippen MR) is 103 cm³/mol. The number of aromatic nitrogens is 2. The Morgan fingerprint density at radius 2 is 2.00 bits per heavy atom. The van der Waals surface area contributed by atoms with Crippen LogP contribution in [0.15, 0.2) is 41.5 Å². The van der Waals surface area contributed by atoms with E-state index >= 15 is 0 Å². The highest BCUT2D eigenvalue weighted by atomic mass is 16.6. The first-order valence-corrected chi connectivity index (χ1v) is 8.97. The molecule has 0 saturated carbocycles. The second kappa shape index (κ2) is 7.55. The summed E-state index contributed by atoms with van der Waals surface area (Å²) in [5, 5.41) is 11.0. The van der Waals surface area contributed by atoms with Gasteiger partial charge in [0.25, 0.3) is 0 Å². The third kappa shape index (κ3) is 3.59. The summed E-state index contributed by atoms with van der Waals surface area (Å²) in [6.07, 6.45) is 3.90. The number of anilines is 1. The Labute approximate surface area is 161 Å². The van der Waals surface area contributed by atoms with Gasteiger partial charge in [-0.25, -0.2) is 9.59 Å². The van der Waals surface area contributed by atoms with E-state index in [9.17, 15) is 9.59 Å². The van der Waals surface area contributed by atoms with Gasteiger partial charge >= 0.3 is 11.9 Å². The van der Waals surface area contributed by atoms with Crippen molar-refractivity contribution in [3.8, 4) is 22.8 Å². The second-order valence-electron chi connectivity index (χ2n) is 6.16. The zero-order valence-electron chi connectivity index (χ0n) is 15.3. The maximum absolute atomic E-state index is 12.1. The standard InChI is InChI=1S/C19H19N5O4/c1-2-24-10-7-13(23-24)18-12(22-11-15-20-8-9-21-15)3-4-14-19(18)28-17(26)6-5-16(25)27-14/h3-7,10,22H,2,8-9,11H2,1H3,(H,20,21)/b6-5+. The molecule has 0 saturated heterocycles. The van der Waals surface area contributed by atoms with Crippen LogP contribution in [-0.2, 0) is 16.1 Å². The summed E-state index contributed by atoms with van der Waals surface area (Å²) in [6.45, 7) is 4.70. The van der Waals surface area contributed by atoms with Gasteiger partial charge in [-0.3, -0.25) is 9.67 Å². The minimum atomic E-state index is -0.659. The van der Waals surface area contributed by atoms with Gasteiger partial charge in [0.05, 0.1) is 24.3 Å². The molecule has 0 aliphatic carbocycles.